The molecule has 1 aliphatic heterocycles. The summed E-state index contributed by atoms with van der Waals surface area (Å²) >= 11 is 0. The lowest BCUT2D eigenvalue weighted by Gasteiger charge is -2.35. The maximum atomic E-state index is 12.5. The van der Waals surface area contributed by atoms with Crippen LogP contribution in [0, 0.1) is 12.8 Å². The van der Waals surface area contributed by atoms with Crippen molar-refractivity contribution in [2.75, 3.05) is 40.1 Å². The van der Waals surface area contributed by atoms with Gasteiger partial charge in [0.2, 0.25) is 0 Å². The molecule has 4 rings (SSSR count). The van der Waals surface area contributed by atoms with Gasteiger partial charge < -0.3 is 29.7 Å². The molecule has 222 valence electrons. The monoisotopic (exact) mass is 586 g/mol. The molecular formula is C29H38N4O7S. The Morgan fingerprint density at radius 1 is 1.20 bits per heavy atom. The SMILES string of the molecule is CC[C@](O)(c1cccc(OC)c1)[C@H](C)CN(C)C.Cc1cc(NC(=O)C2=C(O)c3ccccc3S(=O)(=O)N2C)no1. The summed E-state index contributed by atoms with van der Waals surface area (Å²) in [4.78, 5) is 14.4. The van der Waals surface area contributed by atoms with Crippen LogP contribution in [0.4, 0.5) is 5.82 Å². The number of hydrogen-bond acceptors (Lipinski definition) is 9. The zero-order valence-corrected chi connectivity index (χ0v) is 25.2. The van der Waals surface area contributed by atoms with E-state index >= 15 is 0 Å². The lowest BCUT2D eigenvalue weighted by molar-refractivity contribution is -0.113. The van der Waals surface area contributed by atoms with Crippen molar-refractivity contribution in [1.82, 2.24) is 14.4 Å². The number of aliphatic hydroxyl groups is 2. The van der Waals surface area contributed by atoms with Gasteiger partial charge in [-0.2, -0.15) is 0 Å². The predicted molar refractivity (Wildman–Crippen MR) is 156 cm³/mol. The molecule has 1 amide bonds. The molecule has 0 saturated carbocycles. The van der Waals surface area contributed by atoms with E-state index in [0.29, 0.717) is 12.2 Å². The maximum Gasteiger partial charge on any atom is 0.278 e. The van der Waals surface area contributed by atoms with E-state index in [0.717, 1.165) is 22.2 Å². The third-order valence-corrected chi connectivity index (χ3v) is 8.78. The summed E-state index contributed by atoms with van der Waals surface area (Å²) in [7, 11) is 2.97. The van der Waals surface area contributed by atoms with Gasteiger partial charge in [-0.3, -0.25) is 9.10 Å². The quantitative estimate of drug-likeness (QED) is 0.357. The number of amides is 1. The molecule has 3 aromatic rings. The first-order valence-corrected chi connectivity index (χ1v) is 14.5. The Morgan fingerprint density at radius 2 is 1.88 bits per heavy atom. The van der Waals surface area contributed by atoms with Crippen molar-refractivity contribution in [3.8, 4) is 5.75 Å². The van der Waals surface area contributed by atoms with E-state index in [4.69, 9.17) is 9.26 Å². The van der Waals surface area contributed by atoms with Gasteiger partial charge in [0.1, 0.15) is 11.5 Å². The first kappa shape index (κ1) is 31.7. The zero-order chi connectivity index (χ0) is 30.5. The maximum absolute atomic E-state index is 12.5. The summed E-state index contributed by atoms with van der Waals surface area (Å²) in [5.41, 5.74) is -0.186. The van der Waals surface area contributed by atoms with Gasteiger partial charge in [-0.05, 0) is 57.3 Å². The Kier molecular flexibility index (Phi) is 9.85. The highest BCUT2D eigenvalue weighted by Crippen LogP contribution is 2.36. The lowest BCUT2D eigenvalue weighted by atomic mass is 9.80. The number of aryl methyl sites for hydroxylation is 1. The lowest BCUT2D eigenvalue weighted by Crippen LogP contribution is -2.38. The second-order valence-electron chi connectivity index (χ2n) is 10.1. The largest absolute Gasteiger partial charge is 0.505 e. The van der Waals surface area contributed by atoms with Crippen LogP contribution in [0.25, 0.3) is 5.76 Å². The number of likely N-dealkylation sites (N-methyl/N-ethyl adjacent to an activating group) is 1. The van der Waals surface area contributed by atoms with Gasteiger partial charge in [0.05, 0.1) is 17.6 Å². The fraction of sp³-hybridized carbons (Fsp3) is 0.379. The molecule has 12 heteroatoms. The smallest absolute Gasteiger partial charge is 0.278 e. The Morgan fingerprint density at radius 3 is 2.46 bits per heavy atom. The van der Waals surface area contributed by atoms with Crippen molar-refractivity contribution < 1.29 is 32.7 Å². The van der Waals surface area contributed by atoms with E-state index in [-0.39, 0.29) is 27.9 Å². The molecule has 2 aromatic carbocycles. The van der Waals surface area contributed by atoms with E-state index in [1.165, 1.54) is 25.2 Å². The average molecular weight is 587 g/mol. The van der Waals surface area contributed by atoms with Gasteiger partial charge in [0.15, 0.2) is 17.3 Å². The number of aromatic nitrogens is 1. The highest BCUT2D eigenvalue weighted by molar-refractivity contribution is 7.89. The third-order valence-electron chi connectivity index (χ3n) is 6.97. The molecule has 1 aliphatic rings. The Labute approximate surface area is 241 Å². The van der Waals surface area contributed by atoms with Crippen molar-refractivity contribution >= 4 is 27.5 Å². The minimum absolute atomic E-state index is 0.0613. The predicted octanol–water partition coefficient (Wildman–Crippen LogP) is 3.97. The van der Waals surface area contributed by atoms with Crippen LogP contribution < -0.4 is 10.1 Å². The molecule has 0 bridgehead atoms. The van der Waals surface area contributed by atoms with Gasteiger partial charge in [-0.1, -0.05) is 43.3 Å². The fourth-order valence-corrected chi connectivity index (χ4v) is 6.11. The van der Waals surface area contributed by atoms with Crippen molar-refractivity contribution in [1.29, 1.82) is 0 Å². The molecule has 0 unspecified atom stereocenters. The minimum Gasteiger partial charge on any atom is -0.505 e. The molecule has 0 saturated heterocycles. The summed E-state index contributed by atoms with van der Waals surface area (Å²) in [6.07, 6.45) is 0.690. The van der Waals surface area contributed by atoms with Crippen LogP contribution in [0.2, 0.25) is 0 Å². The van der Waals surface area contributed by atoms with Crippen LogP contribution >= 0.6 is 0 Å². The van der Waals surface area contributed by atoms with Crippen LogP contribution in [0.15, 0.2) is 69.7 Å². The zero-order valence-electron chi connectivity index (χ0n) is 24.4. The van der Waals surface area contributed by atoms with Gasteiger partial charge >= 0.3 is 0 Å². The van der Waals surface area contributed by atoms with Crippen LogP contribution in [-0.4, -0.2) is 73.7 Å². The first-order valence-electron chi connectivity index (χ1n) is 13.0. The number of benzene rings is 2. The Hall–Kier alpha value is -3.87. The summed E-state index contributed by atoms with van der Waals surface area (Å²) in [5, 5.41) is 27.3. The van der Waals surface area contributed by atoms with Crippen LogP contribution in [0.1, 0.15) is 37.2 Å². The highest BCUT2D eigenvalue weighted by Gasteiger charge is 2.38. The standard InChI is InChI=1S/C15H25NO2.C14H13N3O5S/c1-6-15(17,12(2)11-16(3)4)13-8-7-9-14(10-13)18-5;1-8-7-11(16-22-8)15-14(19)12-13(18)9-5-3-4-6-10(9)23(20,21)17(12)2/h7-10,12,17H,6,11H2,1-5H3;3-7,18H,1-2H3,(H,15,16,19)/t12-,15-;/m1./s1. The second kappa shape index (κ2) is 12.8. The van der Waals surface area contributed by atoms with Crippen molar-refractivity contribution in [2.45, 2.75) is 37.7 Å². The number of nitrogens with one attached hydrogen (secondary N) is 1. The summed E-state index contributed by atoms with van der Waals surface area (Å²) in [6.45, 7) is 6.60. The number of anilines is 1. The fourth-order valence-electron chi connectivity index (χ4n) is 4.71. The number of carbonyl (C=O) groups excluding carboxylic acids is 1. The Bertz CT molecular complexity index is 1520. The molecule has 0 radical (unpaired) electrons. The van der Waals surface area contributed by atoms with Gasteiger partial charge in [-0.25, -0.2) is 8.42 Å². The number of ether oxygens (including phenoxy) is 1. The molecule has 3 N–H and O–H groups in total. The van der Waals surface area contributed by atoms with Crippen LogP contribution in [0.3, 0.4) is 0 Å². The second-order valence-corrected chi connectivity index (χ2v) is 12.1. The molecule has 0 aliphatic carbocycles. The number of methoxy groups -OCH3 is 1. The van der Waals surface area contributed by atoms with E-state index in [1.54, 1.807) is 26.2 Å². The highest BCUT2D eigenvalue weighted by atomic mass is 32.2. The molecule has 1 aromatic heterocycles. The average Bonchev–Trinajstić information content (AvgIpc) is 3.35. The molecule has 0 fully saturated rings. The van der Waals surface area contributed by atoms with Crippen molar-refractivity contribution in [3.63, 3.8) is 0 Å². The normalized spacial score (nSPS) is 16.3. The summed E-state index contributed by atoms with van der Waals surface area (Å²) in [5.74, 6) is 0.318. The Balaban J connectivity index is 0.000000233. The molecular weight excluding hydrogens is 548 g/mol. The molecule has 0 spiro atoms. The minimum atomic E-state index is -3.92. The van der Waals surface area contributed by atoms with E-state index in [2.05, 4.69) is 22.3 Å². The molecule has 2 atom stereocenters. The van der Waals surface area contributed by atoms with Crippen molar-refractivity contribution in [2.24, 2.45) is 5.92 Å². The van der Waals surface area contributed by atoms with E-state index in [9.17, 15) is 23.4 Å². The van der Waals surface area contributed by atoms with Crippen molar-refractivity contribution in [3.05, 3.63) is 77.2 Å². The first-order chi connectivity index (χ1) is 19.3. The number of carbonyl (C=O) groups is 1. The number of sulfonamides is 1. The third kappa shape index (κ3) is 6.72. The molecule has 41 heavy (non-hydrogen) atoms. The number of nitrogens with zero attached hydrogens (tertiary/aromatic N) is 3. The van der Waals surface area contributed by atoms with Gasteiger partial charge in [-0.15, -0.1) is 0 Å². The summed E-state index contributed by atoms with van der Waals surface area (Å²) < 4.78 is 35.8. The molecule has 11 nitrogen and oxygen atoms in total. The summed E-state index contributed by atoms with van der Waals surface area (Å²) in [6, 6.07) is 15.1. The van der Waals surface area contributed by atoms with Crippen LogP contribution in [0.5, 0.6) is 5.75 Å². The number of aliphatic hydroxyl groups excluding tert-OH is 1. The molecule has 2 heterocycles. The van der Waals surface area contributed by atoms with Gasteiger partial charge in [0.25, 0.3) is 15.9 Å². The van der Waals surface area contributed by atoms with Crippen LogP contribution in [-0.2, 0) is 20.4 Å². The topological polar surface area (TPSA) is 145 Å². The van der Waals surface area contributed by atoms with E-state index in [1.807, 2.05) is 45.3 Å². The number of fused-ring (bicyclic) bond motifs is 1. The van der Waals surface area contributed by atoms with E-state index < -0.39 is 27.3 Å². The number of hydrogen-bond donors (Lipinski definition) is 3. The number of rotatable bonds is 8. The van der Waals surface area contributed by atoms with Gasteiger partial charge in [0, 0.05) is 31.1 Å².